The fourth-order valence-electron chi connectivity index (χ4n) is 0.607. The maximum Gasteiger partial charge on any atom is 0.102 e. The summed E-state index contributed by atoms with van der Waals surface area (Å²) in [6.07, 6.45) is 0.958. The Morgan fingerprint density at radius 1 is 1.88 bits per heavy atom. The first-order valence-corrected chi connectivity index (χ1v) is 3.07. The largest absolute Gasteiger partial charge is 0.337 e. The van der Waals surface area contributed by atoms with Crippen molar-refractivity contribution in [3.05, 3.63) is 0 Å². The van der Waals surface area contributed by atoms with E-state index in [0.717, 1.165) is 17.2 Å². The Balaban J connectivity index is 2.49. The standard InChI is InChI=1S/C5H8N2S/c1-2-4-6-3-5(8)7-4/h2-3H2,1H3,(H,6,7,8). The molecule has 0 saturated carbocycles. The Hall–Kier alpha value is -0.440. The van der Waals surface area contributed by atoms with E-state index in [1.807, 2.05) is 0 Å². The van der Waals surface area contributed by atoms with Gasteiger partial charge in [0.15, 0.2) is 0 Å². The summed E-state index contributed by atoms with van der Waals surface area (Å²) in [6, 6.07) is 0. The van der Waals surface area contributed by atoms with E-state index in [0.29, 0.717) is 6.54 Å². The Morgan fingerprint density at radius 2 is 2.62 bits per heavy atom. The van der Waals surface area contributed by atoms with Crippen LogP contribution in [0.15, 0.2) is 4.99 Å². The zero-order chi connectivity index (χ0) is 5.98. The number of nitrogens with one attached hydrogen (secondary N) is 1. The lowest BCUT2D eigenvalue weighted by Gasteiger charge is -1.93. The molecule has 0 atom stereocenters. The highest BCUT2D eigenvalue weighted by Gasteiger charge is 2.05. The monoisotopic (exact) mass is 128 g/mol. The van der Waals surface area contributed by atoms with Gasteiger partial charge in [-0.15, -0.1) is 0 Å². The van der Waals surface area contributed by atoms with E-state index in [1.165, 1.54) is 0 Å². The molecule has 44 valence electrons. The van der Waals surface area contributed by atoms with Gasteiger partial charge in [-0.1, -0.05) is 19.1 Å². The summed E-state index contributed by atoms with van der Waals surface area (Å²) in [5.74, 6) is 1.02. The molecule has 8 heavy (non-hydrogen) atoms. The molecule has 1 aliphatic heterocycles. The highest BCUT2D eigenvalue weighted by molar-refractivity contribution is 7.80. The second kappa shape index (κ2) is 2.22. The van der Waals surface area contributed by atoms with Crippen LogP contribution in [-0.4, -0.2) is 17.4 Å². The van der Waals surface area contributed by atoms with Gasteiger partial charge < -0.3 is 5.32 Å². The fourth-order valence-corrected chi connectivity index (χ4v) is 0.790. The first-order valence-electron chi connectivity index (χ1n) is 2.66. The third-order valence-electron chi connectivity index (χ3n) is 1.03. The SMILES string of the molecule is CCC1=NCC(=S)N1. The van der Waals surface area contributed by atoms with Gasteiger partial charge in [-0.2, -0.15) is 0 Å². The molecule has 0 saturated heterocycles. The number of nitrogens with zero attached hydrogens (tertiary/aromatic N) is 1. The van der Waals surface area contributed by atoms with Gasteiger partial charge >= 0.3 is 0 Å². The molecule has 0 aromatic rings. The van der Waals surface area contributed by atoms with E-state index < -0.39 is 0 Å². The normalized spacial score (nSPS) is 18.1. The van der Waals surface area contributed by atoms with Crippen molar-refractivity contribution >= 4 is 23.0 Å². The van der Waals surface area contributed by atoms with Crippen LogP contribution in [0.5, 0.6) is 0 Å². The summed E-state index contributed by atoms with van der Waals surface area (Å²) in [4.78, 5) is 4.95. The zero-order valence-corrected chi connectivity index (χ0v) is 5.59. The average molecular weight is 128 g/mol. The van der Waals surface area contributed by atoms with E-state index in [1.54, 1.807) is 0 Å². The molecule has 0 amide bonds. The molecule has 0 fully saturated rings. The minimum Gasteiger partial charge on any atom is -0.337 e. The van der Waals surface area contributed by atoms with E-state index in [9.17, 15) is 0 Å². The molecule has 0 spiro atoms. The van der Waals surface area contributed by atoms with Gasteiger partial charge in [0, 0.05) is 6.42 Å². The van der Waals surface area contributed by atoms with Gasteiger partial charge in [0.25, 0.3) is 0 Å². The molecular weight excluding hydrogens is 120 g/mol. The minimum atomic E-state index is 0.693. The second-order valence-corrected chi connectivity index (χ2v) is 2.16. The lowest BCUT2D eigenvalue weighted by atomic mass is 10.4. The van der Waals surface area contributed by atoms with Gasteiger partial charge in [0.2, 0.25) is 0 Å². The Morgan fingerprint density at radius 3 is 2.88 bits per heavy atom. The number of thiocarbonyl (C=S) groups is 1. The molecule has 0 radical (unpaired) electrons. The van der Waals surface area contributed by atoms with Crippen LogP contribution in [0.3, 0.4) is 0 Å². The van der Waals surface area contributed by atoms with E-state index in [4.69, 9.17) is 12.2 Å². The fraction of sp³-hybridized carbons (Fsp3) is 0.600. The molecule has 0 aliphatic carbocycles. The zero-order valence-electron chi connectivity index (χ0n) is 4.77. The van der Waals surface area contributed by atoms with Crippen LogP contribution >= 0.6 is 12.2 Å². The topological polar surface area (TPSA) is 24.4 Å². The van der Waals surface area contributed by atoms with Crippen LogP contribution in [0.4, 0.5) is 0 Å². The second-order valence-electron chi connectivity index (χ2n) is 1.66. The summed E-state index contributed by atoms with van der Waals surface area (Å²) in [7, 11) is 0. The molecule has 1 heterocycles. The minimum absolute atomic E-state index is 0.693. The Bertz CT molecular complexity index is 139. The average Bonchev–Trinajstić information content (AvgIpc) is 2.14. The molecule has 2 nitrogen and oxygen atoms in total. The molecule has 3 heteroatoms. The summed E-state index contributed by atoms with van der Waals surface area (Å²) in [6.45, 7) is 2.75. The number of hydrogen-bond acceptors (Lipinski definition) is 2. The molecule has 0 unspecified atom stereocenters. The molecule has 1 N–H and O–H groups in total. The number of amidine groups is 1. The quantitative estimate of drug-likeness (QED) is 0.526. The maximum atomic E-state index is 4.84. The lowest BCUT2D eigenvalue weighted by molar-refractivity contribution is 1.20. The van der Waals surface area contributed by atoms with Gasteiger partial charge in [0.05, 0.1) is 6.54 Å². The highest BCUT2D eigenvalue weighted by atomic mass is 32.1. The van der Waals surface area contributed by atoms with Gasteiger partial charge in [-0.25, -0.2) is 0 Å². The predicted octanol–water partition coefficient (Wildman–Crippen LogP) is 0.726. The van der Waals surface area contributed by atoms with Crippen molar-refractivity contribution in [1.82, 2.24) is 5.32 Å². The van der Waals surface area contributed by atoms with Crippen LogP contribution in [0.1, 0.15) is 13.3 Å². The lowest BCUT2D eigenvalue weighted by Crippen LogP contribution is -2.21. The highest BCUT2D eigenvalue weighted by Crippen LogP contribution is 1.91. The Labute approximate surface area is 54.0 Å². The first-order chi connectivity index (χ1) is 3.83. The first kappa shape index (κ1) is 5.69. The van der Waals surface area contributed by atoms with Crippen molar-refractivity contribution < 1.29 is 0 Å². The number of rotatable bonds is 1. The van der Waals surface area contributed by atoms with Gasteiger partial charge in [-0.3, -0.25) is 4.99 Å². The van der Waals surface area contributed by atoms with E-state index >= 15 is 0 Å². The van der Waals surface area contributed by atoms with Gasteiger partial charge in [0.1, 0.15) is 10.8 Å². The van der Waals surface area contributed by atoms with Crippen molar-refractivity contribution in [2.24, 2.45) is 4.99 Å². The van der Waals surface area contributed by atoms with Crippen LogP contribution in [0.25, 0.3) is 0 Å². The summed E-state index contributed by atoms with van der Waals surface area (Å²) in [5, 5.41) is 2.98. The van der Waals surface area contributed by atoms with Crippen molar-refractivity contribution in [3.63, 3.8) is 0 Å². The molecule has 1 rings (SSSR count). The van der Waals surface area contributed by atoms with Crippen molar-refractivity contribution in [1.29, 1.82) is 0 Å². The molecule has 1 aliphatic rings. The third kappa shape index (κ3) is 1.04. The summed E-state index contributed by atoms with van der Waals surface area (Å²) < 4.78 is 0. The summed E-state index contributed by atoms with van der Waals surface area (Å²) in [5.41, 5.74) is 0. The van der Waals surface area contributed by atoms with Crippen molar-refractivity contribution in [2.45, 2.75) is 13.3 Å². The van der Waals surface area contributed by atoms with E-state index in [2.05, 4.69) is 17.2 Å². The van der Waals surface area contributed by atoms with E-state index in [-0.39, 0.29) is 0 Å². The smallest absolute Gasteiger partial charge is 0.102 e. The molecule has 0 aromatic carbocycles. The van der Waals surface area contributed by atoms with Crippen LogP contribution < -0.4 is 5.32 Å². The van der Waals surface area contributed by atoms with Gasteiger partial charge in [-0.05, 0) is 0 Å². The van der Waals surface area contributed by atoms with Crippen LogP contribution in [-0.2, 0) is 0 Å². The summed E-state index contributed by atoms with van der Waals surface area (Å²) >= 11 is 4.84. The number of aliphatic imine (C=N–C) groups is 1. The molecule has 0 bridgehead atoms. The van der Waals surface area contributed by atoms with Crippen LogP contribution in [0, 0.1) is 0 Å². The maximum absolute atomic E-state index is 4.84. The molecule has 0 aromatic heterocycles. The Kier molecular flexibility index (Phi) is 1.58. The number of hydrogen-bond donors (Lipinski definition) is 1. The van der Waals surface area contributed by atoms with Crippen molar-refractivity contribution in [3.8, 4) is 0 Å². The van der Waals surface area contributed by atoms with Crippen molar-refractivity contribution in [2.75, 3.05) is 6.54 Å². The predicted molar refractivity (Wildman–Crippen MR) is 38.3 cm³/mol. The third-order valence-corrected chi connectivity index (χ3v) is 1.26. The molecular formula is C5H8N2S. The van der Waals surface area contributed by atoms with Crippen LogP contribution in [0.2, 0.25) is 0 Å².